The zero-order chi connectivity index (χ0) is 17.4. The van der Waals surface area contributed by atoms with E-state index in [1.807, 2.05) is 18.2 Å². The molecular weight excluding hydrogens is 314 g/mol. The molecule has 1 saturated carbocycles. The van der Waals surface area contributed by atoms with E-state index in [-0.39, 0.29) is 17.9 Å². The van der Waals surface area contributed by atoms with E-state index in [1.165, 1.54) is 17.7 Å². The van der Waals surface area contributed by atoms with Gasteiger partial charge in [0.15, 0.2) is 0 Å². The molecule has 0 spiro atoms. The Bertz CT molecular complexity index is 843. The number of anilines is 1. The van der Waals surface area contributed by atoms with Crippen LogP contribution in [0.5, 0.6) is 0 Å². The number of aromatic nitrogens is 1. The first-order valence-electron chi connectivity index (χ1n) is 8.58. The molecule has 4 rings (SSSR count). The van der Waals surface area contributed by atoms with Crippen molar-refractivity contribution < 1.29 is 9.59 Å². The van der Waals surface area contributed by atoms with E-state index in [0.29, 0.717) is 17.3 Å². The Labute approximate surface area is 146 Å². The maximum Gasteiger partial charge on any atom is 0.266 e. The van der Waals surface area contributed by atoms with E-state index in [0.717, 1.165) is 5.56 Å². The Hall–Kier alpha value is -2.82. The molecule has 1 aromatic heterocycles. The van der Waals surface area contributed by atoms with Crippen LogP contribution in [-0.2, 0) is 4.79 Å². The summed E-state index contributed by atoms with van der Waals surface area (Å²) in [7, 11) is 0. The van der Waals surface area contributed by atoms with Crippen LogP contribution < -0.4 is 4.90 Å². The highest BCUT2D eigenvalue weighted by molar-refractivity contribution is 6.28. The van der Waals surface area contributed by atoms with Crippen molar-refractivity contribution in [3.63, 3.8) is 0 Å². The molecule has 5 nitrogen and oxygen atoms in total. The summed E-state index contributed by atoms with van der Waals surface area (Å²) >= 11 is 0. The summed E-state index contributed by atoms with van der Waals surface area (Å²) in [6, 6.07) is 12.6. The summed E-state index contributed by atoms with van der Waals surface area (Å²) in [6.07, 6.45) is 5.69. The maximum absolute atomic E-state index is 13.1. The maximum atomic E-state index is 13.1. The zero-order valence-corrected chi connectivity index (χ0v) is 14.0. The monoisotopic (exact) mass is 333 g/mol. The highest BCUT2D eigenvalue weighted by Crippen LogP contribution is 2.35. The number of rotatable bonds is 4. The van der Waals surface area contributed by atoms with Gasteiger partial charge in [0.25, 0.3) is 5.91 Å². The van der Waals surface area contributed by atoms with Gasteiger partial charge in [0.05, 0.1) is 5.92 Å². The molecule has 25 heavy (non-hydrogen) atoms. The molecule has 1 aliphatic heterocycles. The van der Waals surface area contributed by atoms with Crippen molar-refractivity contribution in [2.75, 3.05) is 4.90 Å². The van der Waals surface area contributed by atoms with Crippen LogP contribution >= 0.6 is 0 Å². The summed E-state index contributed by atoms with van der Waals surface area (Å²) in [6.45, 7) is 2.08. The van der Waals surface area contributed by atoms with Gasteiger partial charge < -0.3 is 0 Å². The average molecular weight is 333 g/mol. The number of pyridine rings is 1. The van der Waals surface area contributed by atoms with E-state index in [1.54, 1.807) is 36.7 Å². The van der Waals surface area contributed by atoms with Crippen molar-refractivity contribution in [1.29, 1.82) is 0 Å². The molecule has 1 aromatic carbocycles. The summed E-state index contributed by atoms with van der Waals surface area (Å²) in [5.41, 5.74) is 1.25. The molecule has 0 saturated heterocycles. The number of carbonyl (C=O) groups excluding carboxylic acids is 2. The third kappa shape index (κ3) is 2.86. The van der Waals surface area contributed by atoms with Crippen LogP contribution in [0, 0.1) is 5.92 Å². The molecule has 1 fully saturated rings. The lowest BCUT2D eigenvalue weighted by atomic mass is 9.89. The molecule has 5 heteroatoms. The molecule has 0 radical (unpaired) electrons. The quantitative estimate of drug-likeness (QED) is 0.637. The Balaban J connectivity index is 1.75. The molecule has 2 atom stereocenters. The fourth-order valence-electron chi connectivity index (χ4n) is 3.22. The summed E-state index contributed by atoms with van der Waals surface area (Å²) in [5.74, 6) is -0.218. The Morgan fingerprint density at radius 3 is 2.64 bits per heavy atom. The second-order valence-corrected chi connectivity index (χ2v) is 6.61. The Morgan fingerprint density at radius 1 is 1.16 bits per heavy atom. The van der Waals surface area contributed by atoms with E-state index in [9.17, 15) is 9.59 Å². The summed E-state index contributed by atoms with van der Waals surface area (Å²) in [5, 5.41) is 0. The first kappa shape index (κ1) is 15.7. The molecule has 0 bridgehead atoms. The molecule has 2 heterocycles. The van der Waals surface area contributed by atoms with Crippen LogP contribution in [0.1, 0.15) is 41.6 Å². The van der Waals surface area contributed by atoms with Gasteiger partial charge in [-0.25, -0.2) is 9.88 Å². The minimum atomic E-state index is -0.558. The number of fused-ring (bicyclic) bond motifs is 1. The molecule has 1 aliphatic carbocycles. The van der Waals surface area contributed by atoms with E-state index < -0.39 is 5.92 Å². The molecule has 0 N–H and O–H groups in total. The zero-order valence-electron chi connectivity index (χ0n) is 14.0. The van der Waals surface area contributed by atoms with Gasteiger partial charge in [-0.2, -0.15) is 0 Å². The lowest BCUT2D eigenvalue weighted by molar-refractivity contribution is -0.118. The number of imide groups is 1. The summed E-state index contributed by atoms with van der Waals surface area (Å²) in [4.78, 5) is 35.9. The molecular formula is C20H19N3O2. The number of hydrogen-bond donors (Lipinski definition) is 0. The van der Waals surface area contributed by atoms with Crippen molar-refractivity contribution in [2.24, 2.45) is 10.9 Å². The molecule has 1 unspecified atom stereocenters. The standard InChI is InChI=1S/C20H19N3O2/c1-13(14-9-10-14)22-12-17-15-6-2-3-7-16(15)19(24)23(20(17)25)18-8-4-5-11-21-18/h2-8,11-14,17H,9-10H2,1H3/t13-,17?/m0/s1. The molecule has 2 aliphatic rings. The number of amides is 2. The van der Waals surface area contributed by atoms with Gasteiger partial charge in [0.1, 0.15) is 5.82 Å². The lowest BCUT2D eigenvalue weighted by Gasteiger charge is -2.30. The first-order chi connectivity index (χ1) is 12.2. The van der Waals surface area contributed by atoms with Gasteiger partial charge in [-0.05, 0) is 49.4 Å². The number of carbonyl (C=O) groups is 2. The second-order valence-electron chi connectivity index (χ2n) is 6.61. The van der Waals surface area contributed by atoms with E-state index >= 15 is 0 Å². The van der Waals surface area contributed by atoms with Crippen molar-refractivity contribution in [3.05, 3.63) is 59.8 Å². The minimum Gasteiger partial charge on any atom is -0.293 e. The Morgan fingerprint density at radius 2 is 1.92 bits per heavy atom. The molecule has 126 valence electrons. The minimum absolute atomic E-state index is 0.209. The highest BCUT2D eigenvalue weighted by Gasteiger charge is 2.39. The number of nitrogens with zero attached hydrogens (tertiary/aromatic N) is 3. The van der Waals surface area contributed by atoms with Crippen molar-refractivity contribution in [2.45, 2.75) is 31.7 Å². The van der Waals surface area contributed by atoms with E-state index in [4.69, 9.17) is 0 Å². The molecule has 2 aromatic rings. The van der Waals surface area contributed by atoms with Gasteiger partial charge in [-0.3, -0.25) is 14.6 Å². The fourth-order valence-corrected chi connectivity index (χ4v) is 3.22. The van der Waals surface area contributed by atoms with Crippen LogP contribution in [-0.4, -0.2) is 29.1 Å². The van der Waals surface area contributed by atoms with Crippen molar-refractivity contribution in [3.8, 4) is 0 Å². The van der Waals surface area contributed by atoms with Crippen LogP contribution in [0.2, 0.25) is 0 Å². The Kier molecular flexibility index (Phi) is 3.92. The highest BCUT2D eigenvalue weighted by atomic mass is 16.2. The third-order valence-corrected chi connectivity index (χ3v) is 4.87. The molecule has 2 amide bonds. The van der Waals surface area contributed by atoms with Gasteiger partial charge in [-0.1, -0.05) is 24.3 Å². The normalized spacial score (nSPS) is 21.5. The third-order valence-electron chi connectivity index (χ3n) is 4.87. The van der Waals surface area contributed by atoms with Gasteiger partial charge in [0, 0.05) is 24.0 Å². The van der Waals surface area contributed by atoms with Crippen molar-refractivity contribution >= 4 is 23.8 Å². The smallest absolute Gasteiger partial charge is 0.266 e. The first-order valence-corrected chi connectivity index (χ1v) is 8.58. The summed E-state index contributed by atoms with van der Waals surface area (Å²) < 4.78 is 0. The lowest BCUT2D eigenvalue weighted by Crippen LogP contribution is -2.46. The topological polar surface area (TPSA) is 62.6 Å². The SMILES string of the molecule is C[C@H](N=CC1C(=O)N(c2ccccn2)C(=O)c2ccccc21)C1CC1. The number of benzene rings is 1. The largest absolute Gasteiger partial charge is 0.293 e. The predicted molar refractivity (Wildman–Crippen MR) is 95.9 cm³/mol. The van der Waals surface area contributed by atoms with Crippen molar-refractivity contribution in [1.82, 2.24) is 4.98 Å². The van der Waals surface area contributed by atoms with E-state index in [2.05, 4.69) is 16.9 Å². The predicted octanol–water partition coefficient (Wildman–Crippen LogP) is 3.22. The number of hydrogen-bond acceptors (Lipinski definition) is 4. The number of aliphatic imine (C=N–C) groups is 1. The van der Waals surface area contributed by atoms with Crippen LogP contribution in [0.15, 0.2) is 53.7 Å². The van der Waals surface area contributed by atoms with Crippen LogP contribution in [0.25, 0.3) is 0 Å². The van der Waals surface area contributed by atoms with Crippen LogP contribution in [0.3, 0.4) is 0 Å². The van der Waals surface area contributed by atoms with Gasteiger partial charge in [-0.15, -0.1) is 0 Å². The fraction of sp³-hybridized carbons (Fsp3) is 0.300. The van der Waals surface area contributed by atoms with Gasteiger partial charge in [0.2, 0.25) is 5.91 Å². The average Bonchev–Trinajstić information content (AvgIpc) is 3.48. The van der Waals surface area contributed by atoms with Crippen LogP contribution in [0.4, 0.5) is 5.82 Å². The second kappa shape index (κ2) is 6.24. The van der Waals surface area contributed by atoms with Gasteiger partial charge >= 0.3 is 0 Å².